The number of hydrogen-bond donors (Lipinski definition) is 2. The molecule has 0 aromatic heterocycles. The van der Waals surface area contributed by atoms with E-state index in [-0.39, 0.29) is 12.5 Å². The number of aryl methyl sites for hydroxylation is 2. The summed E-state index contributed by atoms with van der Waals surface area (Å²) in [6.07, 6.45) is 1.43. The molecule has 0 fully saturated rings. The van der Waals surface area contributed by atoms with Gasteiger partial charge in [-0.15, -0.1) is 23.2 Å². The van der Waals surface area contributed by atoms with Crippen LogP contribution >= 0.6 is 23.2 Å². The number of carbonyl (C=O) groups is 1. The van der Waals surface area contributed by atoms with Crippen LogP contribution in [0, 0.1) is 6.92 Å². The zero-order valence-electron chi connectivity index (χ0n) is 12.9. The zero-order chi connectivity index (χ0) is 16.5. The van der Waals surface area contributed by atoms with Crippen LogP contribution in [0.15, 0.2) is 18.2 Å². The molecule has 6 heteroatoms. The largest absolute Gasteiger partial charge is 0.481 e. The van der Waals surface area contributed by atoms with Crippen molar-refractivity contribution >= 4 is 34.9 Å². The minimum Gasteiger partial charge on any atom is -0.481 e. The van der Waals surface area contributed by atoms with Crippen LogP contribution in [-0.4, -0.2) is 42.0 Å². The standard InChI is InChI=1S/C16H24Cl2N2O2/c1-12-2-5-15(20(8-6-17)9-7-18)10-13(12)3-4-14(19)11-16(21)22/h2,5,10,14H,3-4,6-9,11,19H2,1H3,(H,21,22)/t14-/m1/s1. The van der Waals surface area contributed by atoms with Gasteiger partial charge in [0.15, 0.2) is 0 Å². The van der Waals surface area contributed by atoms with Crippen LogP contribution in [0.2, 0.25) is 0 Å². The van der Waals surface area contributed by atoms with E-state index in [4.69, 9.17) is 34.0 Å². The SMILES string of the molecule is Cc1ccc(N(CCCl)CCCl)cc1CC[C@@H](N)CC(=O)O. The van der Waals surface area contributed by atoms with Crippen molar-refractivity contribution in [2.45, 2.75) is 32.2 Å². The van der Waals surface area contributed by atoms with Crippen LogP contribution in [0.5, 0.6) is 0 Å². The van der Waals surface area contributed by atoms with E-state index in [2.05, 4.69) is 30.0 Å². The Morgan fingerprint density at radius 1 is 1.32 bits per heavy atom. The van der Waals surface area contributed by atoms with Crippen molar-refractivity contribution in [3.05, 3.63) is 29.3 Å². The molecule has 0 spiro atoms. The third-order valence-corrected chi connectivity index (χ3v) is 3.97. The van der Waals surface area contributed by atoms with Crippen molar-refractivity contribution < 1.29 is 9.90 Å². The fourth-order valence-corrected chi connectivity index (χ4v) is 2.77. The second kappa shape index (κ2) is 9.93. The number of carboxylic acid groups (broad SMARTS) is 1. The van der Waals surface area contributed by atoms with Crippen LogP contribution < -0.4 is 10.6 Å². The lowest BCUT2D eigenvalue weighted by Gasteiger charge is -2.24. The van der Waals surface area contributed by atoms with E-state index in [1.807, 2.05) is 0 Å². The molecule has 0 heterocycles. The van der Waals surface area contributed by atoms with Gasteiger partial charge in [-0.05, 0) is 43.0 Å². The third kappa shape index (κ3) is 6.42. The fraction of sp³-hybridized carbons (Fsp3) is 0.562. The Balaban J connectivity index is 2.78. The van der Waals surface area contributed by atoms with Crippen LogP contribution in [-0.2, 0) is 11.2 Å². The number of alkyl halides is 2. The summed E-state index contributed by atoms with van der Waals surface area (Å²) in [6.45, 7) is 3.54. The first-order valence-electron chi connectivity index (χ1n) is 7.41. The van der Waals surface area contributed by atoms with E-state index in [0.717, 1.165) is 25.2 Å². The molecular weight excluding hydrogens is 323 g/mol. The summed E-state index contributed by atoms with van der Waals surface area (Å²) in [6, 6.07) is 5.95. The molecule has 0 amide bonds. The molecule has 0 aliphatic rings. The maximum atomic E-state index is 10.7. The number of nitrogens with zero attached hydrogens (tertiary/aromatic N) is 1. The summed E-state index contributed by atoms with van der Waals surface area (Å²) in [5, 5.41) is 8.76. The second-order valence-corrected chi connectivity index (χ2v) is 6.13. The molecule has 22 heavy (non-hydrogen) atoms. The molecule has 1 rings (SSSR count). The van der Waals surface area contributed by atoms with Crippen LogP contribution in [0.4, 0.5) is 5.69 Å². The monoisotopic (exact) mass is 346 g/mol. The predicted octanol–water partition coefficient (Wildman–Crippen LogP) is 3.01. The fourth-order valence-electron chi connectivity index (χ4n) is 2.37. The summed E-state index contributed by atoms with van der Waals surface area (Å²) in [4.78, 5) is 12.8. The van der Waals surface area contributed by atoms with Gasteiger partial charge in [-0.25, -0.2) is 0 Å². The van der Waals surface area contributed by atoms with E-state index in [0.29, 0.717) is 18.2 Å². The van der Waals surface area contributed by atoms with Gasteiger partial charge in [0, 0.05) is 36.6 Å². The molecule has 0 aliphatic heterocycles. The van der Waals surface area contributed by atoms with E-state index < -0.39 is 5.97 Å². The molecule has 1 aromatic rings. The van der Waals surface area contributed by atoms with E-state index in [1.165, 1.54) is 11.1 Å². The van der Waals surface area contributed by atoms with Gasteiger partial charge in [-0.3, -0.25) is 4.79 Å². The summed E-state index contributed by atoms with van der Waals surface area (Å²) in [5.74, 6) is 0.237. The van der Waals surface area contributed by atoms with E-state index >= 15 is 0 Å². The van der Waals surface area contributed by atoms with Gasteiger partial charge >= 0.3 is 5.97 Å². The highest BCUT2D eigenvalue weighted by Gasteiger charge is 2.11. The summed E-state index contributed by atoms with van der Waals surface area (Å²) in [7, 11) is 0. The van der Waals surface area contributed by atoms with Crippen molar-refractivity contribution in [2.75, 3.05) is 29.7 Å². The lowest BCUT2D eigenvalue weighted by molar-refractivity contribution is -0.137. The van der Waals surface area contributed by atoms with Gasteiger partial charge in [0.25, 0.3) is 0 Å². The van der Waals surface area contributed by atoms with Gasteiger partial charge in [-0.1, -0.05) is 6.07 Å². The average Bonchev–Trinajstić information content (AvgIpc) is 2.45. The van der Waals surface area contributed by atoms with Gasteiger partial charge in [0.1, 0.15) is 0 Å². The number of carboxylic acids is 1. The maximum Gasteiger partial charge on any atom is 0.304 e. The normalized spacial score (nSPS) is 12.2. The van der Waals surface area contributed by atoms with Gasteiger partial charge in [-0.2, -0.15) is 0 Å². The van der Waals surface area contributed by atoms with Crippen LogP contribution in [0.1, 0.15) is 24.0 Å². The third-order valence-electron chi connectivity index (χ3n) is 3.63. The highest BCUT2D eigenvalue weighted by atomic mass is 35.5. The molecule has 124 valence electrons. The van der Waals surface area contributed by atoms with Gasteiger partial charge < -0.3 is 15.7 Å². The van der Waals surface area contributed by atoms with Crippen molar-refractivity contribution in [1.82, 2.24) is 0 Å². The number of anilines is 1. The molecular formula is C16H24Cl2N2O2. The number of aliphatic carboxylic acids is 1. The first-order chi connectivity index (χ1) is 10.5. The van der Waals surface area contributed by atoms with E-state index in [9.17, 15) is 4.79 Å². The first kappa shape index (κ1) is 19.1. The summed E-state index contributed by atoms with van der Waals surface area (Å²) < 4.78 is 0. The number of benzene rings is 1. The number of hydrogen-bond acceptors (Lipinski definition) is 3. The molecule has 0 bridgehead atoms. The molecule has 1 aromatic carbocycles. The molecule has 4 nitrogen and oxygen atoms in total. The quantitative estimate of drug-likeness (QED) is 0.639. The Kier molecular flexibility index (Phi) is 8.61. The first-order valence-corrected chi connectivity index (χ1v) is 8.48. The number of rotatable bonds is 10. The Morgan fingerprint density at radius 2 is 1.95 bits per heavy atom. The van der Waals surface area contributed by atoms with Crippen molar-refractivity contribution in [3.63, 3.8) is 0 Å². The van der Waals surface area contributed by atoms with Crippen LogP contribution in [0.25, 0.3) is 0 Å². The van der Waals surface area contributed by atoms with E-state index in [1.54, 1.807) is 0 Å². The molecule has 0 unspecified atom stereocenters. The topological polar surface area (TPSA) is 66.6 Å². The average molecular weight is 347 g/mol. The highest BCUT2D eigenvalue weighted by molar-refractivity contribution is 6.18. The lowest BCUT2D eigenvalue weighted by atomic mass is 9.99. The Bertz CT molecular complexity index is 477. The maximum absolute atomic E-state index is 10.7. The molecule has 0 saturated heterocycles. The number of nitrogens with two attached hydrogens (primary N) is 1. The molecule has 0 radical (unpaired) electrons. The minimum absolute atomic E-state index is 0.00333. The Morgan fingerprint density at radius 3 is 2.50 bits per heavy atom. The molecule has 0 aliphatic carbocycles. The van der Waals surface area contributed by atoms with Crippen molar-refractivity contribution in [3.8, 4) is 0 Å². The highest BCUT2D eigenvalue weighted by Crippen LogP contribution is 2.21. The molecule has 0 saturated carbocycles. The van der Waals surface area contributed by atoms with Crippen LogP contribution in [0.3, 0.4) is 0 Å². The Hall–Kier alpha value is -0.970. The predicted molar refractivity (Wildman–Crippen MR) is 93.4 cm³/mol. The van der Waals surface area contributed by atoms with Gasteiger partial charge in [0.05, 0.1) is 6.42 Å². The zero-order valence-corrected chi connectivity index (χ0v) is 14.4. The molecule has 3 N–H and O–H groups in total. The Labute approximate surface area is 142 Å². The number of halogens is 2. The van der Waals surface area contributed by atoms with Crippen molar-refractivity contribution in [1.29, 1.82) is 0 Å². The second-order valence-electron chi connectivity index (χ2n) is 5.37. The summed E-state index contributed by atoms with van der Waals surface area (Å²) in [5.41, 5.74) is 9.30. The minimum atomic E-state index is -0.853. The molecule has 1 atom stereocenters. The lowest BCUT2D eigenvalue weighted by Crippen LogP contribution is -2.27. The van der Waals surface area contributed by atoms with Gasteiger partial charge in [0.2, 0.25) is 0 Å². The summed E-state index contributed by atoms with van der Waals surface area (Å²) >= 11 is 11.7. The smallest absolute Gasteiger partial charge is 0.304 e. The van der Waals surface area contributed by atoms with Crippen molar-refractivity contribution in [2.24, 2.45) is 5.73 Å².